The number of carbonyl (C=O) groups is 2. The highest BCUT2D eigenvalue weighted by molar-refractivity contribution is 6.30. The van der Waals surface area contributed by atoms with E-state index in [1.807, 2.05) is 0 Å². The fraction of sp³-hybridized carbons (Fsp3) is 0.125. The number of aliphatic carboxylic acids is 1. The van der Waals surface area contributed by atoms with Gasteiger partial charge in [0, 0.05) is 10.6 Å². The zero-order chi connectivity index (χ0) is 17.7. The molecule has 1 N–H and O–H groups in total. The first kappa shape index (κ1) is 17.7. The number of hydrogen-bond donors (Lipinski definition) is 1. The highest BCUT2D eigenvalue weighted by atomic mass is 35.5. The van der Waals surface area contributed by atoms with Crippen LogP contribution < -0.4 is 4.74 Å². The van der Waals surface area contributed by atoms with Crippen molar-refractivity contribution < 1.29 is 28.3 Å². The maximum Gasteiger partial charge on any atom is 0.341 e. The van der Waals surface area contributed by atoms with Gasteiger partial charge in [0.1, 0.15) is 11.6 Å². The molecule has 0 bridgehead atoms. The molecule has 2 rings (SSSR count). The van der Waals surface area contributed by atoms with Gasteiger partial charge in [-0.15, -0.1) is 0 Å². The zero-order valence-electron chi connectivity index (χ0n) is 12.2. The van der Waals surface area contributed by atoms with Crippen molar-refractivity contribution >= 4 is 23.5 Å². The molecule has 0 saturated carbocycles. The van der Waals surface area contributed by atoms with Gasteiger partial charge >= 0.3 is 5.97 Å². The minimum absolute atomic E-state index is 0.00434. The van der Waals surface area contributed by atoms with Crippen molar-refractivity contribution in [2.75, 3.05) is 6.61 Å². The topological polar surface area (TPSA) is 66.8 Å². The normalized spacial score (nSPS) is 10.3. The molecular weight excluding hydrogens is 344 g/mol. The fourth-order valence-electron chi connectivity index (χ4n) is 1.91. The summed E-state index contributed by atoms with van der Waals surface area (Å²) in [4.78, 5) is 22.8. The maximum atomic E-state index is 14.1. The molecule has 0 aromatic heterocycles. The number of nitrogens with zero attached hydrogens (tertiary/aromatic N) is 1. The molecule has 126 valence electrons. The van der Waals surface area contributed by atoms with Gasteiger partial charge in [-0.3, -0.25) is 4.79 Å². The standard InChI is InChI=1S/C16H12ClF2NO4/c17-11-5-6-12(14(7-11)24-9-15(21)22)16(23)20(19)8-10-3-1-2-4-13(10)18/h1-7H,8-9H2,(H,21,22). The van der Waals surface area contributed by atoms with Gasteiger partial charge in [-0.1, -0.05) is 34.3 Å². The average molecular weight is 356 g/mol. The Labute approximate surface area is 141 Å². The number of rotatable bonds is 6. The van der Waals surface area contributed by atoms with Gasteiger partial charge in [-0.05, 0) is 24.3 Å². The Morgan fingerprint density at radius 2 is 1.92 bits per heavy atom. The molecule has 5 nitrogen and oxygen atoms in total. The Hall–Kier alpha value is -2.67. The van der Waals surface area contributed by atoms with E-state index >= 15 is 0 Å². The van der Waals surface area contributed by atoms with Crippen LogP contribution in [0.2, 0.25) is 5.02 Å². The van der Waals surface area contributed by atoms with Crippen LogP contribution in [0.5, 0.6) is 5.75 Å². The molecule has 0 atom stereocenters. The van der Waals surface area contributed by atoms with E-state index in [1.165, 1.54) is 36.4 Å². The van der Waals surface area contributed by atoms with E-state index in [0.717, 1.165) is 6.07 Å². The average Bonchev–Trinajstić information content (AvgIpc) is 2.54. The number of amides is 1. The van der Waals surface area contributed by atoms with Crippen LogP contribution in [0.3, 0.4) is 0 Å². The second kappa shape index (κ2) is 7.74. The Morgan fingerprint density at radius 1 is 1.21 bits per heavy atom. The first-order valence-electron chi connectivity index (χ1n) is 6.73. The molecule has 2 aromatic carbocycles. The van der Waals surface area contributed by atoms with Crippen molar-refractivity contribution in [2.24, 2.45) is 0 Å². The van der Waals surface area contributed by atoms with E-state index in [-0.39, 0.29) is 27.0 Å². The number of carboxylic acid groups (broad SMARTS) is 1. The molecule has 2 aromatic rings. The van der Waals surface area contributed by atoms with Crippen LogP contribution in [0.4, 0.5) is 8.87 Å². The van der Waals surface area contributed by atoms with E-state index in [9.17, 15) is 18.5 Å². The second-order valence-electron chi connectivity index (χ2n) is 4.74. The first-order chi connectivity index (χ1) is 11.4. The number of ether oxygens (including phenoxy) is 1. The van der Waals surface area contributed by atoms with Crippen LogP contribution in [-0.4, -0.2) is 28.7 Å². The van der Waals surface area contributed by atoms with Crippen molar-refractivity contribution in [3.05, 3.63) is 64.4 Å². The van der Waals surface area contributed by atoms with Crippen molar-refractivity contribution in [1.82, 2.24) is 5.12 Å². The molecule has 0 spiro atoms. The molecule has 0 radical (unpaired) electrons. The van der Waals surface area contributed by atoms with Gasteiger partial charge in [0.05, 0.1) is 12.1 Å². The van der Waals surface area contributed by atoms with Crippen LogP contribution >= 0.6 is 11.6 Å². The summed E-state index contributed by atoms with van der Waals surface area (Å²) in [6, 6.07) is 9.20. The van der Waals surface area contributed by atoms with E-state index < -0.39 is 30.8 Å². The van der Waals surface area contributed by atoms with E-state index in [1.54, 1.807) is 0 Å². The van der Waals surface area contributed by atoms with Crippen molar-refractivity contribution in [1.29, 1.82) is 0 Å². The van der Waals surface area contributed by atoms with E-state index in [0.29, 0.717) is 0 Å². The summed E-state index contributed by atoms with van der Waals surface area (Å²) in [5.74, 6) is -3.19. The zero-order valence-corrected chi connectivity index (χ0v) is 13.0. The minimum atomic E-state index is -1.27. The summed E-state index contributed by atoms with van der Waals surface area (Å²) in [5, 5.41) is 8.64. The predicted octanol–water partition coefficient (Wildman–Crippen LogP) is 3.47. The lowest BCUT2D eigenvalue weighted by molar-refractivity contribution is -0.139. The summed E-state index contributed by atoms with van der Waals surface area (Å²) in [5.41, 5.74) is -0.227. The summed E-state index contributed by atoms with van der Waals surface area (Å²) >= 11 is 5.77. The molecule has 0 aliphatic carbocycles. The molecule has 0 unspecified atom stereocenters. The SMILES string of the molecule is O=C(O)COc1cc(Cl)ccc1C(=O)N(F)Cc1ccccc1F. The van der Waals surface area contributed by atoms with Gasteiger partial charge in [0.25, 0.3) is 5.91 Å². The lowest BCUT2D eigenvalue weighted by Gasteiger charge is -2.15. The van der Waals surface area contributed by atoms with Crippen LogP contribution in [0.1, 0.15) is 15.9 Å². The smallest absolute Gasteiger partial charge is 0.341 e. The number of halogens is 3. The van der Waals surface area contributed by atoms with Crippen LogP contribution in [-0.2, 0) is 11.3 Å². The largest absolute Gasteiger partial charge is 0.481 e. The van der Waals surface area contributed by atoms with Crippen molar-refractivity contribution in [3.63, 3.8) is 0 Å². The maximum absolute atomic E-state index is 14.1. The minimum Gasteiger partial charge on any atom is -0.481 e. The number of carbonyl (C=O) groups excluding carboxylic acids is 1. The third-order valence-electron chi connectivity index (χ3n) is 3.01. The molecule has 0 heterocycles. The molecule has 0 fully saturated rings. The van der Waals surface area contributed by atoms with Crippen LogP contribution in [0.25, 0.3) is 0 Å². The summed E-state index contributed by atoms with van der Waals surface area (Å²) < 4.78 is 32.6. The first-order valence-corrected chi connectivity index (χ1v) is 7.11. The third kappa shape index (κ3) is 4.42. The fourth-order valence-corrected chi connectivity index (χ4v) is 2.07. The van der Waals surface area contributed by atoms with Crippen LogP contribution in [0.15, 0.2) is 42.5 Å². The Morgan fingerprint density at radius 3 is 2.58 bits per heavy atom. The van der Waals surface area contributed by atoms with Crippen molar-refractivity contribution in [2.45, 2.75) is 6.54 Å². The number of hydrogen-bond acceptors (Lipinski definition) is 3. The van der Waals surface area contributed by atoms with Crippen molar-refractivity contribution in [3.8, 4) is 5.75 Å². The monoisotopic (exact) mass is 355 g/mol. The number of carboxylic acids is 1. The predicted molar refractivity (Wildman–Crippen MR) is 82.0 cm³/mol. The van der Waals surface area contributed by atoms with E-state index in [2.05, 4.69) is 0 Å². The Balaban J connectivity index is 2.22. The van der Waals surface area contributed by atoms with Gasteiger partial charge in [0.15, 0.2) is 6.61 Å². The van der Waals surface area contributed by atoms with Gasteiger partial charge in [0.2, 0.25) is 0 Å². The Kier molecular flexibility index (Phi) is 5.70. The number of benzene rings is 2. The summed E-state index contributed by atoms with van der Waals surface area (Å²) in [6.07, 6.45) is 0. The highest BCUT2D eigenvalue weighted by Gasteiger charge is 2.22. The van der Waals surface area contributed by atoms with E-state index in [4.69, 9.17) is 21.4 Å². The van der Waals surface area contributed by atoms with Gasteiger partial charge < -0.3 is 9.84 Å². The molecule has 1 amide bonds. The summed E-state index contributed by atoms with van der Waals surface area (Å²) in [6.45, 7) is -1.33. The van der Waals surface area contributed by atoms with Gasteiger partial charge in [-0.25, -0.2) is 9.18 Å². The Bertz CT molecular complexity index is 769. The molecule has 0 aliphatic rings. The molecule has 0 saturated heterocycles. The quantitative estimate of drug-likeness (QED) is 0.806. The molecule has 8 heteroatoms. The van der Waals surface area contributed by atoms with Gasteiger partial charge in [-0.2, -0.15) is 5.12 Å². The lowest BCUT2D eigenvalue weighted by atomic mass is 10.1. The highest BCUT2D eigenvalue weighted by Crippen LogP contribution is 2.26. The van der Waals surface area contributed by atoms with Crippen LogP contribution in [0, 0.1) is 5.82 Å². The third-order valence-corrected chi connectivity index (χ3v) is 3.25. The second-order valence-corrected chi connectivity index (χ2v) is 5.18. The molecule has 24 heavy (non-hydrogen) atoms. The summed E-state index contributed by atoms with van der Waals surface area (Å²) in [7, 11) is 0. The molecule has 0 aliphatic heterocycles. The molecular formula is C16H12ClF2NO4. The lowest BCUT2D eigenvalue weighted by Crippen LogP contribution is -2.24.